The molecule has 2 aliphatic rings. The summed E-state index contributed by atoms with van der Waals surface area (Å²) in [7, 11) is 0. The molecule has 0 aromatic rings. The maximum atomic E-state index is 9.62. The number of hydrogen-bond acceptors (Lipinski definition) is 1. The molecule has 0 spiro atoms. The van der Waals surface area contributed by atoms with Gasteiger partial charge in [-0.1, -0.05) is 27.7 Å². The zero-order valence-corrected chi connectivity index (χ0v) is 10.1. The van der Waals surface area contributed by atoms with Crippen LogP contribution in [0.25, 0.3) is 0 Å². The molecule has 0 radical (unpaired) electrons. The largest absolute Gasteiger partial charge is 0.396 e. The maximum absolute atomic E-state index is 9.62. The summed E-state index contributed by atoms with van der Waals surface area (Å²) in [6.07, 6.45) is 5.22. The number of rotatable bonds is 2. The van der Waals surface area contributed by atoms with Crippen molar-refractivity contribution in [3.8, 4) is 0 Å². The van der Waals surface area contributed by atoms with Gasteiger partial charge in [-0.05, 0) is 42.4 Å². The molecule has 2 unspecified atom stereocenters. The van der Waals surface area contributed by atoms with Crippen LogP contribution in [0.1, 0.15) is 53.4 Å². The Hall–Kier alpha value is -0.0400. The van der Waals surface area contributed by atoms with Crippen LogP contribution in [0.15, 0.2) is 0 Å². The van der Waals surface area contributed by atoms with Crippen LogP contribution in [-0.2, 0) is 0 Å². The van der Waals surface area contributed by atoms with Crippen molar-refractivity contribution in [2.75, 3.05) is 6.61 Å². The fraction of sp³-hybridized carbons (Fsp3) is 1.00. The van der Waals surface area contributed by atoms with Crippen molar-refractivity contribution in [2.24, 2.45) is 22.2 Å². The first kappa shape index (κ1) is 10.5. The van der Waals surface area contributed by atoms with Crippen LogP contribution in [0.5, 0.6) is 0 Å². The maximum Gasteiger partial charge on any atom is 0.0495 e. The molecule has 1 heteroatoms. The van der Waals surface area contributed by atoms with Gasteiger partial charge < -0.3 is 5.11 Å². The van der Waals surface area contributed by atoms with E-state index < -0.39 is 0 Å². The zero-order valence-electron chi connectivity index (χ0n) is 10.1. The lowest BCUT2D eigenvalue weighted by Crippen LogP contribution is -2.24. The normalized spacial score (nSPS) is 43.9. The van der Waals surface area contributed by atoms with Gasteiger partial charge in [-0.3, -0.25) is 0 Å². The molecule has 0 aromatic carbocycles. The SMILES string of the molecule is CC1(C)CCC(C2(CO)CC2(C)C)C1. The highest BCUT2D eigenvalue weighted by Crippen LogP contribution is 2.71. The van der Waals surface area contributed by atoms with E-state index in [0.29, 0.717) is 17.4 Å². The van der Waals surface area contributed by atoms with E-state index in [1.54, 1.807) is 0 Å². The third kappa shape index (κ3) is 1.32. The molecule has 1 N–H and O–H groups in total. The Labute approximate surface area is 87.9 Å². The lowest BCUT2D eigenvalue weighted by Gasteiger charge is -2.26. The van der Waals surface area contributed by atoms with Crippen molar-refractivity contribution in [1.29, 1.82) is 0 Å². The van der Waals surface area contributed by atoms with E-state index in [1.807, 2.05) is 0 Å². The van der Waals surface area contributed by atoms with Gasteiger partial charge in [-0.2, -0.15) is 0 Å². The molecule has 1 nitrogen and oxygen atoms in total. The van der Waals surface area contributed by atoms with Gasteiger partial charge in [0, 0.05) is 12.0 Å². The van der Waals surface area contributed by atoms with Crippen molar-refractivity contribution in [3.05, 3.63) is 0 Å². The highest BCUT2D eigenvalue weighted by atomic mass is 16.3. The van der Waals surface area contributed by atoms with Crippen LogP contribution in [0.2, 0.25) is 0 Å². The predicted octanol–water partition coefficient (Wildman–Crippen LogP) is 3.22. The van der Waals surface area contributed by atoms with Crippen LogP contribution in [0.3, 0.4) is 0 Å². The first-order valence-corrected chi connectivity index (χ1v) is 5.94. The highest BCUT2D eigenvalue weighted by Gasteiger charge is 2.65. The van der Waals surface area contributed by atoms with Gasteiger partial charge in [0.2, 0.25) is 0 Å². The Morgan fingerprint density at radius 3 is 2.07 bits per heavy atom. The van der Waals surface area contributed by atoms with Gasteiger partial charge in [0.1, 0.15) is 0 Å². The minimum absolute atomic E-state index is 0.279. The lowest BCUT2D eigenvalue weighted by atomic mass is 9.79. The Bertz CT molecular complexity index is 242. The molecule has 0 saturated heterocycles. The minimum Gasteiger partial charge on any atom is -0.396 e. The second-order valence-corrected chi connectivity index (χ2v) is 6.98. The Morgan fingerprint density at radius 2 is 1.79 bits per heavy atom. The third-order valence-corrected chi connectivity index (χ3v) is 5.01. The van der Waals surface area contributed by atoms with Crippen LogP contribution < -0.4 is 0 Å². The first-order valence-electron chi connectivity index (χ1n) is 5.94. The monoisotopic (exact) mass is 196 g/mol. The topological polar surface area (TPSA) is 20.2 Å². The average Bonchev–Trinajstić information content (AvgIpc) is 2.43. The summed E-state index contributed by atoms with van der Waals surface area (Å²) in [6, 6.07) is 0. The molecule has 0 aromatic heterocycles. The lowest BCUT2D eigenvalue weighted by molar-refractivity contribution is 0.117. The molecule has 14 heavy (non-hydrogen) atoms. The van der Waals surface area contributed by atoms with Gasteiger partial charge in [0.15, 0.2) is 0 Å². The van der Waals surface area contributed by atoms with Crippen molar-refractivity contribution < 1.29 is 5.11 Å². The molecule has 0 bridgehead atoms. The molecule has 0 amide bonds. The van der Waals surface area contributed by atoms with Crippen molar-refractivity contribution in [2.45, 2.75) is 53.4 Å². The molecular formula is C13H24O. The van der Waals surface area contributed by atoms with E-state index in [9.17, 15) is 5.11 Å². The first-order chi connectivity index (χ1) is 6.33. The highest BCUT2D eigenvalue weighted by molar-refractivity contribution is 5.14. The number of aliphatic hydroxyl groups is 1. The van der Waals surface area contributed by atoms with Gasteiger partial charge in [-0.25, -0.2) is 0 Å². The predicted molar refractivity (Wildman–Crippen MR) is 59.0 cm³/mol. The molecule has 2 rings (SSSR count). The summed E-state index contributed by atoms with van der Waals surface area (Å²) in [5.74, 6) is 0.775. The molecule has 2 aliphatic carbocycles. The molecule has 2 atom stereocenters. The summed E-state index contributed by atoms with van der Waals surface area (Å²) in [6.45, 7) is 9.77. The van der Waals surface area contributed by atoms with E-state index in [1.165, 1.54) is 25.7 Å². The van der Waals surface area contributed by atoms with Crippen LogP contribution in [-0.4, -0.2) is 11.7 Å². The van der Waals surface area contributed by atoms with Gasteiger partial charge in [0.05, 0.1) is 0 Å². The Balaban J connectivity index is 2.10. The Morgan fingerprint density at radius 1 is 1.21 bits per heavy atom. The smallest absolute Gasteiger partial charge is 0.0495 e. The van der Waals surface area contributed by atoms with E-state index in [4.69, 9.17) is 0 Å². The second-order valence-electron chi connectivity index (χ2n) is 6.98. The summed E-state index contributed by atoms with van der Waals surface area (Å²) in [5, 5.41) is 9.62. The molecule has 0 aliphatic heterocycles. The number of aliphatic hydroxyl groups excluding tert-OH is 1. The summed E-state index contributed by atoms with van der Waals surface area (Å²) >= 11 is 0. The van der Waals surface area contributed by atoms with Crippen molar-refractivity contribution >= 4 is 0 Å². The second kappa shape index (κ2) is 2.75. The Kier molecular flexibility index (Phi) is 2.06. The fourth-order valence-corrected chi connectivity index (χ4v) is 3.75. The van der Waals surface area contributed by atoms with Crippen LogP contribution in [0, 0.1) is 22.2 Å². The van der Waals surface area contributed by atoms with E-state index in [-0.39, 0.29) is 5.41 Å². The average molecular weight is 196 g/mol. The van der Waals surface area contributed by atoms with E-state index in [2.05, 4.69) is 27.7 Å². The molecular weight excluding hydrogens is 172 g/mol. The third-order valence-electron chi connectivity index (χ3n) is 5.01. The summed E-state index contributed by atoms with van der Waals surface area (Å²) in [4.78, 5) is 0. The molecule has 2 saturated carbocycles. The fourth-order valence-electron chi connectivity index (χ4n) is 3.75. The van der Waals surface area contributed by atoms with Crippen molar-refractivity contribution in [1.82, 2.24) is 0 Å². The van der Waals surface area contributed by atoms with E-state index >= 15 is 0 Å². The molecule has 2 fully saturated rings. The standard InChI is InChI=1S/C13H24O/c1-11(2)6-5-10(7-11)13(9-14)8-12(13,3)4/h10,14H,5-9H2,1-4H3. The zero-order chi connectivity index (χ0) is 10.6. The van der Waals surface area contributed by atoms with Crippen LogP contribution in [0.4, 0.5) is 0 Å². The van der Waals surface area contributed by atoms with Crippen molar-refractivity contribution in [3.63, 3.8) is 0 Å². The molecule has 0 heterocycles. The van der Waals surface area contributed by atoms with Crippen LogP contribution >= 0.6 is 0 Å². The number of hydrogen-bond donors (Lipinski definition) is 1. The van der Waals surface area contributed by atoms with Gasteiger partial charge in [0.25, 0.3) is 0 Å². The van der Waals surface area contributed by atoms with E-state index in [0.717, 1.165) is 5.92 Å². The van der Waals surface area contributed by atoms with Gasteiger partial charge in [-0.15, -0.1) is 0 Å². The minimum atomic E-state index is 0.279. The van der Waals surface area contributed by atoms with Gasteiger partial charge >= 0.3 is 0 Å². The summed E-state index contributed by atoms with van der Waals surface area (Å²) in [5.41, 5.74) is 1.19. The summed E-state index contributed by atoms with van der Waals surface area (Å²) < 4.78 is 0. The quantitative estimate of drug-likeness (QED) is 0.719. The molecule has 82 valence electrons.